The van der Waals surface area contributed by atoms with E-state index in [9.17, 15) is 23.2 Å². The van der Waals surface area contributed by atoms with Gasteiger partial charge in [-0.15, -0.1) is 0 Å². The van der Waals surface area contributed by atoms with E-state index < -0.39 is 36.5 Å². The number of urea groups is 1. The van der Waals surface area contributed by atoms with E-state index >= 15 is 0 Å². The SMILES string of the molecule is COc1ccc(NC(=O)CN2C(=O)N[C@](C)(c3ccc(OC(F)F)cc3)C2=O)cc1. The maximum absolute atomic E-state index is 12.9. The molecule has 1 aliphatic heterocycles. The van der Waals surface area contributed by atoms with Crippen LogP contribution in [0, 0.1) is 0 Å². The van der Waals surface area contributed by atoms with Crippen LogP contribution < -0.4 is 20.1 Å². The average molecular weight is 419 g/mol. The van der Waals surface area contributed by atoms with Crippen LogP contribution in [-0.4, -0.2) is 43.0 Å². The van der Waals surface area contributed by atoms with Crippen LogP contribution in [0.4, 0.5) is 19.3 Å². The average Bonchev–Trinajstić information content (AvgIpc) is 2.92. The zero-order valence-corrected chi connectivity index (χ0v) is 16.1. The molecule has 1 saturated heterocycles. The molecule has 0 spiro atoms. The summed E-state index contributed by atoms with van der Waals surface area (Å²) in [5.74, 6) is -0.666. The lowest BCUT2D eigenvalue weighted by atomic mass is 9.92. The van der Waals surface area contributed by atoms with E-state index in [1.54, 1.807) is 24.3 Å². The Bertz CT molecular complexity index is 950. The highest BCUT2D eigenvalue weighted by molar-refractivity contribution is 6.10. The topological polar surface area (TPSA) is 97.0 Å². The minimum atomic E-state index is -2.97. The van der Waals surface area contributed by atoms with Crippen molar-refractivity contribution in [3.63, 3.8) is 0 Å². The molecule has 2 N–H and O–H groups in total. The van der Waals surface area contributed by atoms with Crippen molar-refractivity contribution in [1.82, 2.24) is 10.2 Å². The summed E-state index contributed by atoms with van der Waals surface area (Å²) in [5, 5.41) is 5.14. The number of benzene rings is 2. The van der Waals surface area contributed by atoms with Crippen molar-refractivity contribution in [3.05, 3.63) is 54.1 Å². The van der Waals surface area contributed by atoms with Gasteiger partial charge in [0.15, 0.2) is 0 Å². The van der Waals surface area contributed by atoms with Gasteiger partial charge in [0.05, 0.1) is 7.11 Å². The van der Waals surface area contributed by atoms with E-state index in [0.29, 0.717) is 17.0 Å². The molecule has 0 unspecified atom stereocenters. The lowest BCUT2D eigenvalue weighted by Crippen LogP contribution is -2.42. The van der Waals surface area contributed by atoms with Gasteiger partial charge in [0.1, 0.15) is 23.6 Å². The summed E-state index contributed by atoms with van der Waals surface area (Å²) >= 11 is 0. The van der Waals surface area contributed by atoms with Crippen molar-refractivity contribution >= 4 is 23.5 Å². The second kappa shape index (κ2) is 8.36. The van der Waals surface area contributed by atoms with Crippen molar-refractivity contribution in [2.75, 3.05) is 19.0 Å². The highest BCUT2D eigenvalue weighted by Gasteiger charge is 2.49. The minimum Gasteiger partial charge on any atom is -0.497 e. The summed E-state index contributed by atoms with van der Waals surface area (Å²) in [4.78, 5) is 38.3. The van der Waals surface area contributed by atoms with Gasteiger partial charge in [-0.05, 0) is 48.9 Å². The second-order valence-corrected chi connectivity index (χ2v) is 6.63. The third kappa shape index (κ3) is 4.32. The molecule has 0 aliphatic carbocycles. The zero-order valence-electron chi connectivity index (χ0n) is 16.1. The van der Waals surface area contributed by atoms with Crippen LogP contribution >= 0.6 is 0 Å². The van der Waals surface area contributed by atoms with Crippen LogP contribution in [0.15, 0.2) is 48.5 Å². The number of hydrogen-bond donors (Lipinski definition) is 2. The number of anilines is 1. The molecule has 0 bridgehead atoms. The van der Waals surface area contributed by atoms with Crippen molar-refractivity contribution in [3.8, 4) is 11.5 Å². The predicted molar refractivity (Wildman–Crippen MR) is 102 cm³/mol. The highest BCUT2D eigenvalue weighted by atomic mass is 19.3. The normalized spacial score (nSPS) is 18.4. The summed E-state index contributed by atoms with van der Waals surface area (Å²) in [6.07, 6.45) is 0. The first-order valence-corrected chi connectivity index (χ1v) is 8.86. The largest absolute Gasteiger partial charge is 0.497 e. The third-order valence-electron chi connectivity index (χ3n) is 4.61. The number of rotatable bonds is 7. The standard InChI is InChI=1S/C20H19F2N3O5/c1-20(12-3-7-15(8-4-12)30-18(21)22)17(27)25(19(28)24-20)11-16(26)23-13-5-9-14(29-2)10-6-13/h3-10,18H,11H2,1-2H3,(H,23,26)(H,24,28)/t20-/m1/s1. The number of ether oxygens (including phenoxy) is 2. The molecule has 2 aromatic rings. The molecule has 2 aromatic carbocycles. The molecule has 1 fully saturated rings. The lowest BCUT2D eigenvalue weighted by Gasteiger charge is -2.22. The molecular formula is C20H19F2N3O5. The molecule has 0 aromatic heterocycles. The van der Waals surface area contributed by atoms with Crippen molar-refractivity contribution in [2.45, 2.75) is 19.1 Å². The maximum Gasteiger partial charge on any atom is 0.387 e. The van der Waals surface area contributed by atoms with Gasteiger partial charge >= 0.3 is 12.6 Å². The highest BCUT2D eigenvalue weighted by Crippen LogP contribution is 2.30. The Morgan fingerprint density at radius 3 is 2.27 bits per heavy atom. The van der Waals surface area contributed by atoms with Crippen LogP contribution in [0.25, 0.3) is 0 Å². The van der Waals surface area contributed by atoms with Gasteiger partial charge in [-0.2, -0.15) is 8.78 Å². The first kappa shape index (κ1) is 21.0. The van der Waals surface area contributed by atoms with Gasteiger partial charge in [0, 0.05) is 5.69 Å². The van der Waals surface area contributed by atoms with Gasteiger partial charge in [-0.25, -0.2) is 4.79 Å². The first-order chi connectivity index (χ1) is 14.2. The van der Waals surface area contributed by atoms with E-state index in [4.69, 9.17) is 4.74 Å². The molecule has 0 radical (unpaired) electrons. The van der Waals surface area contributed by atoms with E-state index in [1.165, 1.54) is 38.3 Å². The van der Waals surface area contributed by atoms with Crippen molar-refractivity contribution in [2.24, 2.45) is 0 Å². The molecule has 8 nitrogen and oxygen atoms in total. The van der Waals surface area contributed by atoms with Crippen LogP contribution in [0.1, 0.15) is 12.5 Å². The minimum absolute atomic E-state index is 0.0788. The van der Waals surface area contributed by atoms with Crippen molar-refractivity contribution < 1.29 is 32.6 Å². The Labute approximate surface area is 170 Å². The fourth-order valence-corrected chi connectivity index (χ4v) is 3.02. The van der Waals surface area contributed by atoms with Gasteiger partial charge < -0.3 is 20.1 Å². The first-order valence-electron chi connectivity index (χ1n) is 8.86. The van der Waals surface area contributed by atoms with Gasteiger partial charge in [0.2, 0.25) is 5.91 Å². The number of alkyl halides is 2. The Hall–Kier alpha value is -3.69. The quantitative estimate of drug-likeness (QED) is 0.673. The Morgan fingerprint density at radius 2 is 1.70 bits per heavy atom. The molecule has 3 rings (SSSR count). The van der Waals surface area contributed by atoms with E-state index in [-0.39, 0.29) is 5.75 Å². The summed E-state index contributed by atoms with van der Waals surface area (Å²) in [5.41, 5.74) is -0.605. The number of hydrogen-bond acceptors (Lipinski definition) is 5. The molecule has 1 aliphatic rings. The zero-order chi connectivity index (χ0) is 21.9. The molecule has 10 heteroatoms. The monoisotopic (exact) mass is 419 g/mol. The Kier molecular flexibility index (Phi) is 5.86. The fourth-order valence-electron chi connectivity index (χ4n) is 3.02. The fraction of sp³-hybridized carbons (Fsp3) is 0.250. The summed E-state index contributed by atoms with van der Waals surface area (Å²) in [6.45, 7) is -1.99. The third-order valence-corrected chi connectivity index (χ3v) is 4.61. The molecule has 0 saturated carbocycles. The smallest absolute Gasteiger partial charge is 0.387 e. The molecule has 30 heavy (non-hydrogen) atoms. The predicted octanol–water partition coefficient (Wildman–Crippen LogP) is 2.70. The molecule has 158 valence electrons. The number of nitrogens with one attached hydrogen (secondary N) is 2. The number of methoxy groups -OCH3 is 1. The molecular weight excluding hydrogens is 400 g/mol. The number of imide groups is 1. The molecule has 1 heterocycles. The lowest BCUT2D eigenvalue weighted by molar-refractivity contribution is -0.133. The van der Waals surface area contributed by atoms with Gasteiger partial charge in [0.25, 0.3) is 5.91 Å². The van der Waals surface area contributed by atoms with Crippen LogP contribution in [0.2, 0.25) is 0 Å². The Balaban J connectivity index is 1.69. The Morgan fingerprint density at radius 1 is 1.10 bits per heavy atom. The second-order valence-electron chi connectivity index (χ2n) is 6.63. The number of halogens is 2. The van der Waals surface area contributed by atoms with E-state index in [2.05, 4.69) is 15.4 Å². The van der Waals surface area contributed by atoms with E-state index in [0.717, 1.165) is 4.90 Å². The van der Waals surface area contributed by atoms with Gasteiger partial charge in [-0.3, -0.25) is 14.5 Å². The summed E-state index contributed by atoms with van der Waals surface area (Å²) in [6, 6.07) is 11.2. The number of amides is 4. The number of carbonyl (C=O) groups excluding carboxylic acids is 3. The van der Waals surface area contributed by atoms with E-state index in [1.807, 2.05) is 0 Å². The molecule has 1 atom stereocenters. The van der Waals surface area contributed by atoms with Crippen LogP contribution in [-0.2, 0) is 15.1 Å². The summed E-state index contributed by atoms with van der Waals surface area (Å²) in [7, 11) is 1.52. The summed E-state index contributed by atoms with van der Waals surface area (Å²) < 4.78 is 33.9. The van der Waals surface area contributed by atoms with Crippen LogP contribution in [0.5, 0.6) is 11.5 Å². The maximum atomic E-state index is 12.9. The molecule has 4 amide bonds. The van der Waals surface area contributed by atoms with Crippen LogP contribution in [0.3, 0.4) is 0 Å². The van der Waals surface area contributed by atoms with Crippen molar-refractivity contribution in [1.29, 1.82) is 0 Å². The van der Waals surface area contributed by atoms with Gasteiger partial charge in [-0.1, -0.05) is 12.1 Å². The number of carbonyl (C=O) groups is 3. The number of nitrogens with zero attached hydrogens (tertiary/aromatic N) is 1.